The second-order valence-corrected chi connectivity index (χ2v) is 2.92. The number of nitrogens with zero attached hydrogens (tertiary/aromatic N) is 2. The number of rotatable bonds is 3. The van der Waals surface area contributed by atoms with Gasteiger partial charge in [-0.1, -0.05) is 0 Å². The predicted molar refractivity (Wildman–Crippen MR) is 53.4 cm³/mol. The topological polar surface area (TPSA) is 89.5 Å². The molecule has 6 nitrogen and oxygen atoms in total. The van der Waals surface area contributed by atoms with Gasteiger partial charge in [0.2, 0.25) is 6.41 Å². The summed E-state index contributed by atoms with van der Waals surface area (Å²) in [6, 6.07) is 3.36. The lowest BCUT2D eigenvalue weighted by Gasteiger charge is -2.01. The Bertz CT molecular complexity index is 532. The number of anilines is 1. The second kappa shape index (κ2) is 3.41. The van der Waals surface area contributed by atoms with E-state index < -0.39 is 5.91 Å². The van der Waals surface area contributed by atoms with Gasteiger partial charge in [0.1, 0.15) is 11.3 Å². The molecule has 0 saturated carbocycles. The van der Waals surface area contributed by atoms with Gasteiger partial charge < -0.3 is 11.1 Å². The van der Waals surface area contributed by atoms with Gasteiger partial charge in [-0.25, -0.2) is 4.98 Å². The van der Waals surface area contributed by atoms with Crippen LogP contribution in [0.4, 0.5) is 5.69 Å². The van der Waals surface area contributed by atoms with Gasteiger partial charge in [0.15, 0.2) is 0 Å². The molecule has 2 amide bonds. The summed E-state index contributed by atoms with van der Waals surface area (Å²) in [6.45, 7) is 0. The molecule has 0 aliphatic heterocycles. The van der Waals surface area contributed by atoms with Gasteiger partial charge in [-0.15, -0.1) is 0 Å². The Balaban J connectivity index is 2.61. The van der Waals surface area contributed by atoms with Crippen LogP contribution >= 0.6 is 0 Å². The number of aromatic nitrogens is 2. The molecule has 2 aromatic rings. The summed E-state index contributed by atoms with van der Waals surface area (Å²) in [4.78, 5) is 25.2. The molecule has 15 heavy (non-hydrogen) atoms. The zero-order chi connectivity index (χ0) is 10.8. The lowest BCUT2D eigenvalue weighted by Crippen LogP contribution is -2.13. The quantitative estimate of drug-likeness (QED) is 0.689. The lowest BCUT2D eigenvalue weighted by molar-refractivity contribution is -0.105. The number of pyridine rings is 1. The summed E-state index contributed by atoms with van der Waals surface area (Å²) < 4.78 is 1.52. The average Bonchev–Trinajstić information content (AvgIpc) is 2.61. The summed E-state index contributed by atoms with van der Waals surface area (Å²) in [6.07, 6.45) is 3.53. The highest BCUT2D eigenvalue weighted by Gasteiger charge is 2.08. The highest BCUT2D eigenvalue weighted by Crippen LogP contribution is 2.11. The first-order valence-corrected chi connectivity index (χ1v) is 4.19. The van der Waals surface area contributed by atoms with Crippen LogP contribution in [0.5, 0.6) is 0 Å². The van der Waals surface area contributed by atoms with Crippen LogP contribution in [0, 0.1) is 0 Å². The number of nitrogens with one attached hydrogen (secondary N) is 1. The Hall–Kier alpha value is -2.37. The number of hydrogen-bond acceptors (Lipinski definition) is 3. The number of carbonyl (C=O) groups is 2. The number of imidazole rings is 1. The van der Waals surface area contributed by atoms with Crippen LogP contribution < -0.4 is 11.1 Å². The maximum atomic E-state index is 11.0. The van der Waals surface area contributed by atoms with Crippen molar-refractivity contribution >= 4 is 23.7 Å². The number of nitrogens with two attached hydrogens (primary N) is 1. The third-order valence-electron chi connectivity index (χ3n) is 1.98. The molecule has 0 bridgehead atoms. The van der Waals surface area contributed by atoms with Crippen molar-refractivity contribution in [2.75, 3.05) is 5.32 Å². The maximum absolute atomic E-state index is 11.0. The van der Waals surface area contributed by atoms with Gasteiger partial charge in [-0.05, 0) is 12.1 Å². The van der Waals surface area contributed by atoms with Gasteiger partial charge in [-0.2, -0.15) is 0 Å². The minimum atomic E-state index is -0.564. The van der Waals surface area contributed by atoms with Crippen molar-refractivity contribution in [3.8, 4) is 0 Å². The zero-order valence-electron chi connectivity index (χ0n) is 7.68. The Morgan fingerprint density at radius 3 is 3.00 bits per heavy atom. The first-order chi connectivity index (χ1) is 7.22. The molecule has 2 rings (SSSR count). The zero-order valence-corrected chi connectivity index (χ0v) is 7.68. The minimum absolute atomic E-state index is 0.277. The molecule has 0 aliphatic carbocycles. The van der Waals surface area contributed by atoms with Crippen LogP contribution in [-0.2, 0) is 4.79 Å². The summed E-state index contributed by atoms with van der Waals surface area (Å²) in [7, 11) is 0. The van der Waals surface area contributed by atoms with E-state index in [1.165, 1.54) is 10.6 Å². The Morgan fingerprint density at radius 1 is 1.53 bits per heavy atom. The summed E-state index contributed by atoms with van der Waals surface area (Å²) >= 11 is 0. The van der Waals surface area contributed by atoms with Gasteiger partial charge in [0.25, 0.3) is 5.91 Å². The molecule has 0 atom stereocenters. The van der Waals surface area contributed by atoms with E-state index >= 15 is 0 Å². The van der Waals surface area contributed by atoms with Crippen molar-refractivity contribution in [2.24, 2.45) is 5.73 Å². The largest absolute Gasteiger partial charge is 0.364 e. The predicted octanol–water partition coefficient (Wildman–Crippen LogP) is 0.00150. The van der Waals surface area contributed by atoms with Crippen LogP contribution in [-0.4, -0.2) is 21.7 Å². The summed E-state index contributed by atoms with van der Waals surface area (Å²) in [5.41, 5.74) is 6.60. The molecule has 0 radical (unpaired) electrons. The molecule has 0 spiro atoms. The SMILES string of the molecule is NC(=O)c1cnc2ccc(NC=O)cn12. The van der Waals surface area contributed by atoms with E-state index in [-0.39, 0.29) is 5.69 Å². The van der Waals surface area contributed by atoms with Crippen LogP contribution in [0.2, 0.25) is 0 Å². The van der Waals surface area contributed by atoms with Crippen molar-refractivity contribution < 1.29 is 9.59 Å². The minimum Gasteiger partial charge on any atom is -0.364 e. The van der Waals surface area contributed by atoms with Crippen molar-refractivity contribution in [1.29, 1.82) is 0 Å². The number of amides is 2. The maximum Gasteiger partial charge on any atom is 0.267 e. The first kappa shape index (κ1) is 9.20. The average molecular weight is 204 g/mol. The third kappa shape index (κ3) is 1.52. The van der Waals surface area contributed by atoms with Gasteiger partial charge in [0.05, 0.1) is 11.9 Å². The molecule has 76 valence electrons. The van der Waals surface area contributed by atoms with E-state index in [1.807, 2.05) is 0 Å². The molecule has 0 saturated heterocycles. The fraction of sp³-hybridized carbons (Fsp3) is 0. The van der Waals surface area contributed by atoms with Crippen molar-refractivity contribution in [2.45, 2.75) is 0 Å². The van der Waals surface area contributed by atoms with Crippen molar-refractivity contribution in [1.82, 2.24) is 9.38 Å². The highest BCUT2D eigenvalue weighted by atomic mass is 16.1. The van der Waals surface area contributed by atoms with Crippen molar-refractivity contribution in [3.63, 3.8) is 0 Å². The molecule has 0 aromatic carbocycles. The molecule has 2 aromatic heterocycles. The molecular weight excluding hydrogens is 196 g/mol. The standard InChI is InChI=1S/C9H8N4O2/c10-9(15)7-3-11-8-2-1-6(12-5-14)4-13(7)8/h1-5H,(H2,10,15)(H,12,14). The lowest BCUT2D eigenvalue weighted by atomic mass is 10.4. The second-order valence-electron chi connectivity index (χ2n) is 2.92. The Kier molecular flexibility index (Phi) is 2.09. The molecular formula is C9H8N4O2. The van der Waals surface area contributed by atoms with Crippen LogP contribution in [0.1, 0.15) is 10.5 Å². The van der Waals surface area contributed by atoms with Crippen LogP contribution in [0.25, 0.3) is 5.65 Å². The number of carbonyl (C=O) groups excluding carboxylic acids is 2. The monoisotopic (exact) mass is 204 g/mol. The van der Waals surface area contributed by atoms with Gasteiger partial charge in [-0.3, -0.25) is 14.0 Å². The van der Waals surface area contributed by atoms with E-state index in [1.54, 1.807) is 18.3 Å². The van der Waals surface area contributed by atoms with Crippen LogP contribution in [0.3, 0.4) is 0 Å². The van der Waals surface area contributed by atoms with E-state index in [4.69, 9.17) is 5.73 Å². The first-order valence-electron chi connectivity index (χ1n) is 4.19. The fourth-order valence-corrected chi connectivity index (χ4v) is 1.32. The smallest absolute Gasteiger partial charge is 0.267 e. The Morgan fingerprint density at radius 2 is 2.33 bits per heavy atom. The summed E-state index contributed by atoms with van der Waals surface area (Å²) in [5, 5.41) is 2.47. The van der Waals surface area contributed by atoms with Gasteiger partial charge >= 0.3 is 0 Å². The van der Waals surface area contributed by atoms with Crippen LogP contribution in [0.15, 0.2) is 24.5 Å². The number of fused-ring (bicyclic) bond motifs is 1. The van der Waals surface area contributed by atoms with E-state index in [0.717, 1.165) is 0 Å². The molecule has 0 fully saturated rings. The van der Waals surface area contributed by atoms with Gasteiger partial charge in [0, 0.05) is 6.20 Å². The molecule has 2 heterocycles. The normalized spacial score (nSPS) is 10.1. The number of hydrogen-bond donors (Lipinski definition) is 2. The molecule has 0 aliphatic rings. The molecule has 3 N–H and O–H groups in total. The highest BCUT2D eigenvalue weighted by molar-refractivity contribution is 5.92. The van der Waals surface area contributed by atoms with E-state index in [9.17, 15) is 9.59 Å². The fourth-order valence-electron chi connectivity index (χ4n) is 1.32. The third-order valence-corrected chi connectivity index (χ3v) is 1.98. The van der Waals surface area contributed by atoms with E-state index in [0.29, 0.717) is 17.7 Å². The molecule has 0 unspecified atom stereocenters. The molecule has 6 heteroatoms. The van der Waals surface area contributed by atoms with E-state index in [2.05, 4.69) is 10.3 Å². The summed E-state index contributed by atoms with van der Waals surface area (Å²) in [5.74, 6) is -0.564. The Labute approximate surface area is 84.7 Å². The van der Waals surface area contributed by atoms with Crippen molar-refractivity contribution in [3.05, 3.63) is 30.2 Å². The number of primary amides is 1.